The minimum absolute atomic E-state index is 0.109. The summed E-state index contributed by atoms with van der Waals surface area (Å²) in [5.74, 6) is 0.679. The van der Waals surface area contributed by atoms with Crippen molar-refractivity contribution in [1.29, 1.82) is 0 Å². The molecule has 0 spiro atoms. The van der Waals surface area contributed by atoms with Gasteiger partial charge >= 0.3 is 0 Å². The average Bonchev–Trinajstić information content (AvgIpc) is 3.45. The Kier molecular flexibility index (Phi) is 5.12. The normalized spacial score (nSPS) is 16.0. The second kappa shape index (κ2) is 8.22. The van der Waals surface area contributed by atoms with E-state index in [-0.39, 0.29) is 11.7 Å². The molecule has 5 rings (SSSR count). The number of anilines is 1. The number of nitrogens with one attached hydrogen (secondary N) is 1. The number of carbonyl (C=O) groups excluding carboxylic acids is 1. The molecule has 0 aliphatic carbocycles. The van der Waals surface area contributed by atoms with Gasteiger partial charge in [-0.25, -0.2) is 4.39 Å². The number of carbonyl (C=O) groups is 1. The summed E-state index contributed by atoms with van der Waals surface area (Å²) >= 11 is 0. The Bertz CT molecular complexity index is 1200. The highest BCUT2D eigenvalue weighted by Gasteiger charge is 2.23. The Balaban J connectivity index is 1.25. The van der Waals surface area contributed by atoms with Crippen LogP contribution in [0.3, 0.4) is 0 Å². The van der Waals surface area contributed by atoms with Gasteiger partial charge in [-0.1, -0.05) is 35.5 Å². The summed E-state index contributed by atoms with van der Waals surface area (Å²) in [6, 6.07) is 21.7. The van der Waals surface area contributed by atoms with Crippen LogP contribution in [0.5, 0.6) is 0 Å². The number of rotatable bonds is 5. The zero-order valence-corrected chi connectivity index (χ0v) is 16.9. The quantitative estimate of drug-likeness (QED) is 0.504. The third-order valence-electron chi connectivity index (χ3n) is 5.80. The number of hydrogen-bond acceptors (Lipinski definition) is 4. The van der Waals surface area contributed by atoms with Gasteiger partial charge in [-0.3, -0.25) is 4.79 Å². The van der Waals surface area contributed by atoms with Crippen LogP contribution in [0.2, 0.25) is 0 Å². The van der Waals surface area contributed by atoms with Crippen LogP contribution in [-0.4, -0.2) is 30.7 Å². The summed E-state index contributed by atoms with van der Waals surface area (Å²) in [7, 11) is 0. The Labute approximate surface area is 179 Å². The molecule has 1 fully saturated rings. The van der Waals surface area contributed by atoms with Crippen LogP contribution in [0.25, 0.3) is 22.2 Å². The number of halogens is 1. The van der Waals surface area contributed by atoms with Crippen molar-refractivity contribution in [2.24, 2.45) is 5.92 Å². The number of aromatic nitrogens is 1. The molecule has 5 nitrogen and oxygen atoms in total. The lowest BCUT2D eigenvalue weighted by molar-refractivity contribution is 0.0948. The van der Waals surface area contributed by atoms with Gasteiger partial charge < -0.3 is 14.7 Å². The molecule has 0 bridgehead atoms. The highest BCUT2D eigenvalue weighted by Crippen LogP contribution is 2.29. The van der Waals surface area contributed by atoms with E-state index < -0.39 is 0 Å². The van der Waals surface area contributed by atoms with Gasteiger partial charge in [0.2, 0.25) is 0 Å². The molecule has 6 heteroatoms. The first-order valence-electron chi connectivity index (χ1n) is 10.4. The van der Waals surface area contributed by atoms with Crippen LogP contribution in [-0.2, 0) is 0 Å². The zero-order valence-electron chi connectivity index (χ0n) is 16.9. The third-order valence-corrected chi connectivity index (χ3v) is 5.80. The summed E-state index contributed by atoms with van der Waals surface area (Å²) in [6.45, 7) is 2.34. The molecule has 1 atom stereocenters. The molecule has 31 heavy (non-hydrogen) atoms. The van der Waals surface area contributed by atoms with Crippen LogP contribution < -0.4 is 10.2 Å². The molecule has 1 aliphatic rings. The molecule has 156 valence electrons. The minimum atomic E-state index is -0.230. The Morgan fingerprint density at radius 2 is 1.90 bits per heavy atom. The lowest BCUT2D eigenvalue weighted by atomic mass is 10.1. The molecule has 3 aromatic carbocycles. The lowest BCUT2D eigenvalue weighted by Crippen LogP contribution is -2.31. The summed E-state index contributed by atoms with van der Waals surface area (Å²) in [5.41, 5.74) is 3.25. The number of nitrogens with zero attached hydrogens (tertiary/aromatic N) is 2. The van der Waals surface area contributed by atoms with Crippen molar-refractivity contribution in [3.8, 4) is 11.3 Å². The van der Waals surface area contributed by atoms with Crippen LogP contribution in [0.4, 0.5) is 10.1 Å². The van der Waals surface area contributed by atoms with Crippen LogP contribution >= 0.6 is 0 Å². The largest absolute Gasteiger partial charge is 0.371 e. The first-order chi connectivity index (χ1) is 15.2. The van der Waals surface area contributed by atoms with Gasteiger partial charge in [0.05, 0.1) is 5.39 Å². The van der Waals surface area contributed by atoms with Gasteiger partial charge in [0, 0.05) is 36.4 Å². The Morgan fingerprint density at radius 1 is 1.10 bits per heavy atom. The van der Waals surface area contributed by atoms with Crippen molar-refractivity contribution < 1.29 is 13.7 Å². The average molecular weight is 415 g/mol. The first kappa shape index (κ1) is 19.3. The van der Waals surface area contributed by atoms with E-state index in [1.165, 1.54) is 12.1 Å². The van der Waals surface area contributed by atoms with Gasteiger partial charge in [-0.2, -0.15) is 0 Å². The molecule has 1 N–H and O–H groups in total. The van der Waals surface area contributed by atoms with E-state index in [1.807, 2.05) is 42.5 Å². The summed E-state index contributed by atoms with van der Waals surface area (Å²) in [4.78, 5) is 15.0. The molecule has 2 heterocycles. The smallest absolute Gasteiger partial charge is 0.251 e. The predicted molar refractivity (Wildman–Crippen MR) is 118 cm³/mol. The number of benzene rings is 3. The number of fused-ring (bicyclic) bond motifs is 1. The SMILES string of the molecule is O=C(NCC1CCN(c2ccc(F)cc2)C1)c1ccc2noc(-c3ccccc3)c2c1. The molecule has 0 radical (unpaired) electrons. The van der Waals surface area contributed by atoms with E-state index in [9.17, 15) is 9.18 Å². The highest BCUT2D eigenvalue weighted by molar-refractivity contribution is 6.01. The van der Waals surface area contributed by atoms with E-state index in [0.717, 1.165) is 41.7 Å². The third kappa shape index (κ3) is 4.01. The summed E-state index contributed by atoms with van der Waals surface area (Å²) in [6.07, 6.45) is 0.987. The predicted octanol–water partition coefficient (Wildman–Crippen LogP) is 4.89. The molecular weight excluding hydrogens is 393 g/mol. The van der Waals surface area contributed by atoms with Gasteiger partial charge in [0.25, 0.3) is 5.91 Å². The maximum atomic E-state index is 13.1. The maximum Gasteiger partial charge on any atom is 0.251 e. The number of amides is 1. The molecular formula is C25H22FN3O2. The topological polar surface area (TPSA) is 58.4 Å². The van der Waals surface area contributed by atoms with Crippen molar-refractivity contribution >= 4 is 22.5 Å². The van der Waals surface area contributed by atoms with Gasteiger partial charge in [-0.15, -0.1) is 0 Å². The molecule has 1 aliphatic heterocycles. The molecule has 0 saturated carbocycles. The fourth-order valence-corrected chi connectivity index (χ4v) is 4.11. The number of hydrogen-bond donors (Lipinski definition) is 1. The fourth-order valence-electron chi connectivity index (χ4n) is 4.11. The van der Waals surface area contributed by atoms with Crippen LogP contribution in [0, 0.1) is 11.7 Å². The van der Waals surface area contributed by atoms with Crippen molar-refractivity contribution in [2.45, 2.75) is 6.42 Å². The van der Waals surface area contributed by atoms with Crippen molar-refractivity contribution in [2.75, 3.05) is 24.5 Å². The van der Waals surface area contributed by atoms with Gasteiger partial charge in [0.15, 0.2) is 5.76 Å². The van der Waals surface area contributed by atoms with E-state index >= 15 is 0 Å². The molecule has 1 amide bonds. The lowest BCUT2D eigenvalue weighted by Gasteiger charge is -2.18. The van der Waals surface area contributed by atoms with Crippen LogP contribution in [0.1, 0.15) is 16.8 Å². The monoisotopic (exact) mass is 415 g/mol. The Hall–Kier alpha value is -3.67. The second-order valence-corrected chi connectivity index (χ2v) is 7.90. The van der Waals surface area contributed by atoms with E-state index in [2.05, 4.69) is 15.4 Å². The summed E-state index contributed by atoms with van der Waals surface area (Å²) < 4.78 is 18.7. The van der Waals surface area contributed by atoms with E-state index in [0.29, 0.717) is 23.8 Å². The van der Waals surface area contributed by atoms with Crippen molar-refractivity contribution in [1.82, 2.24) is 10.5 Å². The van der Waals surface area contributed by atoms with Crippen molar-refractivity contribution in [3.05, 3.63) is 84.2 Å². The second-order valence-electron chi connectivity index (χ2n) is 7.90. The Morgan fingerprint density at radius 3 is 2.71 bits per heavy atom. The zero-order chi connectivity index (χ0) is 21.2. The minimum Gasteiger partial charge on any atom is -0.371 e. The molecule has 1 aromatic heterocycles. The highest BCUT2D eigenvalue weighted by atomic mass is 19.1. The summed E-state index contributed by atoms with van der Waals surface area (Å²) in [5, 5.41) is 7.99. The molecule has 4 aromatic rings. The van der Waals surface area contributed by atoms with Gasteiger partial charge in [-0.05, 0) is 54.8 Å². The molecule has 1 saturated heterocycles. The standard InChI is InChI=1S/C25H22FN3O2/c26-20-7-9-21(10-8-20)29-13-12-17(16-29)15-27-25(30)19-6-11-23-22(14-19)24(31-28-23)18-4-2-1-3-5-18/h1-11,14,17H,12-13,15-16H2,(H,27,30). The van der Waals surface area contributed by atoms with Gasteiger partial charge in [0.1, 0.15) is 11.3 Å². The van der Waals surface area contributed by atoms with Crippen molar-refractivity contribution in [3.63, 3.8) is 0 Å². The maximum absolute atomic E-state index is 13.1. The van der Waals surface area contributed by atoms with E-state index in [4.69, 9.17) is 4.52 Å². The first-order valence-corrected chi connectivity index (χ1v) is 10.4. The van der Waals surface area contributed by atoms with Crippen LogP contribution in [0.15, 0.2) is 77.3 Å². The van der Waals surface area contributed by atoms with E-state index in [1.54, 1.807) is 18.2 Å². The molecule has 1 unspecified atom stereocenters. The fraction of sp³-hybridized carbons (Fsp3) is 0.200.